The van der Waals surface area contributed by atoms with Gasteiger partial charge in [-0.05, 0) is 50.0 Å². The first-order valence-electron chi connectivity index (χ1n) is 7.20. The summed E-state index contributed by atoms with van der Waals surface area (Å²) in [5, 5.41) is 3.35. The molecule has 1 N–H and O–H groups in total. The van der Waals surface area contributed by atoms with Gasteiger partial charge in [0.2, 0.25) is 5.91 Å². The molecule has 2 rings (SSSR count). The number of hydrogen-bond donors (Lipinski definition) is 1. The van der Waals surface area contributed by atoms with Crippen molar-refractivity contribution in [3.05, 3.63) is 30.1 Å². The first-order valence-corrected chi connectivity index (χ1v) is 7.20. The highest BCUT2D eigenvalue weighted by atomic mass is 16.2. The molecule has 1 amide bonds. The van der Waals surface area contributed by atoms with E-state index in [1.807, 2.05) is 12.1 Å². The molecular formula is C15H23N3O. The Kier molecular flexibility index (Phi) is 5.33. The number of pyridine rings is 1. The zero-order valence-electron chi connectivity index (χ0n) is 11.6. The van der Waals surface area contributed by atoms with Crippen LogP contribution in [-0.4, -0.2) is 41.5 Å². The van der Waals surface area contributed by atoms with Gasteiger partial charge in [0.1, 0.15) is 0 Å². The van der Waals surface area contributed by atoms with Gasteiger partial charge in [0.25, 0.3) is 0 Å². The number of aromatic nitrogens is 1. The Balaban J connectivity index is 1.99. The zero-order valence-corrected chi connectivity index (χ0v) is 11.6. The quantitative estimate of drug-likeness (QED) is 0.876. The Morgan fingerprint density at radius 3 is 2.68 bits per heavy atom. The Morgan fingerprint density at radius 2 is 2.05 bits per heavy atom. The van der Waals surface area contributed by atoms with Crippen LogP contribution in [0, 0.1) is 0 Å². The van der Waals surface area contributed by atoms with Gasteiger partial charge in [0.05, 0.1) is 6.42 Å². The lowest BCUT2D eigenvalue weighted by atomic mass is 10.0. The highest BCUT2D eigenvalue weighted by molar-refractivity contribution is 5.79. The third kappa shape index (κ3) is 4.03. The van der Waals surface area contributed by atoms with E-state index < -0.39 is 0 Å². The van der Waals surface area contributed by atoms with Crippen molar-refractivity contribution in [3.63, 3.8) is 0 Å². The highest BCUT2D eigenvalue weighted by Gasteiger charge is 2.24. The molecule has 104 valence electrons. The zero-order chi connectivity index (χ0) is 13.5. The molecule has 4 heteroatoms. The predicted molar refractivity (Wildman–Crippen MR) is 75.8 cm³/mol. The van der Waals surface area contributed by atoms with Gasteiger partial charge in [-0.2, -0.15) is 0 Å². The van der Waals surface area contributed by atoms with E-state index in [2.05, 4.69) is 22.1 Å². The van der Waals surface area contributed by atoms with Crippen LogP contribution in [0.1, 0.15) is 31.7 Å². The lowest BCUT2D eigenvalue weighted by Gasteiger charge is -2.34. The lowest BCUT2D eigenvalue weighted by Crippen LogP contribution is -2.47. The van der Waals surface area contributed by atoms with Gasteiger partial charge < -0.3 is 10.2 Å². The second-order valence-electron chi connectivity index (χ2n) is 5.10. The molecule has 1 aromatic rings. The summed E-state index contributed by atoms with van der Waals surface area (Å²) in [6.45, 7) is 5.04. The minimum Gasteiger partial charge on any atom is -0.339 e. The van der Waals surface area contributed by atoms with Crippen LogP contribution in [0.5, 0.6) is 0 Å². The summed E-state index contributed by atoms with van der Waals surface area (Å²) in [5.74, 6) is 0.250. The van der Waals surface area contributed by atoms with Gasteiger partial charge in [0, 0.05) is 25.0 Å². The summed E-state index contributed by atoms with van der Waals surface area (Å²) < 4.78 is 0. The van der Waals surface area contributed by atoms with Crippen molar-refractivity contribution >= 4 is 5.91 Å². The number of carbonyl (C=O) groups is 1. The van der Waals surface area contributed by atoms with Crippen LogP contribution in [0.25, 0.3) is 0 Å². The molecular weight excluding hydrogens is 238 g/mol. The number of amides is 1. The van der Waals surface area contributed by atoms with Crippen LogP contribution < -0.4 is 5.32 Å². The molecule has 2 heterocycles. The molecule has 19 heavy (non-hydrogen) atoms. The van der Waals surface area contributed by atoms with Crippen molar-refractivity contribution < 1.29 is 4.79 Å². The molecule has 1 aliphatic rings. The Bertz CT molecular complexity index is 388. The highest BCUT2D eigenvalue weighted by Crippen LogP contribution is 2.14. The summed E-state index contributed by atoms with van der Waals surface area (Å²) in [6.07, 6.45) is 7.15. The second-order valence-corrected chi connectivity index (χ2v) is 5.10. The summed E-state index contributed by atoms with van der Waals surface area (Å²) in [6, 6.07) is 4.25. The SMILES string of the molecule is CCCN(C(=O)Cc1ccncc1)C1CCNCC1. The van der Waals surface area contributed by atoms with Gasteiger partial charge >= 0.3 is 0 Å². The molecule has 0 bridgehead atoms. The Labute approximate surface area is 115 Å². The Hall–Kier alpha value is -1.42. The van der Waals surface area contributed by atoms with Crippen LogP contribution in [0.2, 0.25) is 0 Å². The van der Waals surface area contributed by atoms with Crippen LogP contribution in [0.3, 0.4) is 0 Å². The third-order valence-electron chi connectivity index (χ3n) is 3.64. The molecule has 0 aromatic carbocycles. The summed E-state index contributed by atoms with van der Waals surface area (Å²) in [4.78, 5) is 18.6. The van der Waals surface area contributed by atoms with E-state index in [1.165, 1.54) is 0 Å². The van der Waals surface area contributed by atoms with Gasteiger partial charge in [-0.1, -0.05) is 6.92 Å². The molecule has 0 unspecified atom stereocenters. The molecule has 1 saturated heterocycles. The molecule has 1 aromatic heterocycles. The van der Waals surface area contributed by atoms with Gasteiger partial charge in [-0.3, -0.25) is 9.78 Å². The van der Waals surface area contributed by atoms with Crippen molar-refractivity contribution in [2.75, 3.05) is 19.6 Å². The van der Waals surface area contributed by atoms with Crippen molar-refractivity contribution in [1.82, 2.24) is 15.2 Å². The van der Waals surface area contributed by atoms with Crippen LogP contribution in [-0.2, 0) is 11.2 Å². The van der Waals surface area contributed by atoms with Gasteiger partial charge in [-0.15, -0.1) is 0 Å². The summed E-state index contributed by atoms with van der Waals surface area (Å²) in [5.41, 5.74) is 1.05. The van der Waals surface area contributed by atoms with E-state index in [9.17, 15) is 4.79 Å². The normalized spacial score (nSPS) is 16.3. The number of nitrogens with zero attached hydrogens (tertiary/aromatic N) is 2. The van der Waals surface area contributed by atoms with Crippen molar-refractivity contribution in [1.29, 1.82) is 0 Å². The van der Waals surface area contributed by atoms with Crippen LogP contribution in [0.15, 0.2) is 24.5 Å². The van der Waals surface area contributed by atoms with Gasteiger partial charge in [0.15, 0.2) is 0 Å². The second kappa shape index (κ2) is 7.24. The molecule has 0 atom stereocenters. The number of nitrogens with one attached hydrogen (secondary N) is 1. The summed E-state index contributed by atoms with van der Waals surface area (Å²) >= 11 is 0. The average molecular weight is 261 g/mol. The average Bonchev–Trinajstić information content (AvgIpc) is 2.46. The number of carbonyl (C=O) groups excluding carboxylic acids is 1. The molecule has 0 spiro atoms. The third-order valence-corrected chi connectivity index (χ3v) is 3.64. The van der Waals surface area contributed by atoms with E-state index >= 15 is 0 Å². The first-order chi connectivity index (χ1) is 9.31. The standard InChI is InChI=1S/C15H23N3O/c1-2-11-18(14-5-9-17-10-6-14)15(19)12-13-3-7-16-8-4-13/h3-4,7-8,14,17H,2,5-6,9-12H2,1H3. The minimum absolute atomic E-state index is 0.250. The van der Waals surface area contributed by atoms with Crippen LogP contribution in [0.4, 0.5) is 0 Å². The predicted octanol–water partition coefficient (Wildman–Crippen LogP) is 1.61. The molecule has 4 nitrogen and oxygen atoms in total. The lowest BCUT2D eigenvalue weighted by molar-refractivity contribution is -0.133. The summed E-state index contributed by atoms with van der Waals surface area (Å²) in [7, 11) is 0. The van der Waals surface area contributed by atoms with Crippen molar-refractivity contribution in [2.24, 2.45) is 0 Å². The van der Waals surface area contributed by atoms with E-state index in [4.69, 9.17) is 0 Å². The number of piperidine rings is 1. The van der Waals surface area contributed by atoms with Crippen molar-refractivity contribution in [2.45, 2.75) is 38.6 Å². The van der Waals surface area contributed by atoms with E-state index in [0.717, 1.165) is 44.5 Å². The van der Waals surface area contributed by atoms with Crippen LogP contribution >= 0.6 is 0 Å². The van der Waals surface area contributed by atoms with E-state index in [1.54, 1.807) is 12.4 Å². The minimum atomic E-state index is 0.250. The maximum absolute atomic E-state index is 12.5. The number of hydrogen-bond acceptors (Lipinski definition) is 3. The topological polar surface area (TPSA) is 45.2 Å². The fourth-order valence-electron chi connectivity index (χ4n) is 2.65. The monoisotopic (exact) mass is 261 g/mol. The number of rotatable bonds is 5. The molecule has 0 radical (unpaired) electrons. The van der Waals surface area contributed by atoms with Crippen molar-refractivity contribution in [3.8, 4) is 0 Å². The Morgan fingerprint density at radius 1 is 1.37 bits per heavy atom. The fourth-order valence-corrected chi connectivity index (χ4v) is 2.65. The van der Waals surface area contributed by atoms with Gasteiger partial charge in [-0.25, -0.2) is 0 Å². The molecule has 0 saturated carbocycles. The molecule has 1 fully saturated rings. The smallest absolute Gasteiger partial charge is 0.227 e. The first kappa shape index (κ1) is 14.0. The largest absolute Gasteiger partial charge is 0.339 e. The van der Waals surface area contributed by atoms with E-state index in [0.29, 0.717) is 12.5 Å². The van der Waals surface area contributed by atoms with E-state index in [-0.39, 0.29) is 5.91 Å². The molecule has 1 aliphatic heterocycles. The molecule has 0 aliphatic carbocycles. The fraction of sp³-hybridized carbons (Fsp3) is 0.600. The maximum atomic E-state index is 12.5. The maximum Gasteiger partial charge on any atom is 0.227 e.